The predicted octanol–water partition coefficient (Wildman–Crippen LogP) is 1.95. The van der Waals surface area contributed by atoms with Gasteiger partial charge in [-0.25, -0.2) is 10.9 Å². The standard InChI is InChI=1S/C22H29N3O6/c1-27-14-6-7-18(28-2)15(10-14)16-11-17(25-24-16)22(26)23-12-13-8-19(29-3)21(31-5)20(9-13)30-4/h6-10,16-17,24-25H,11-12H2,1-5H3,(H,23,26). The first-order valence-electron chi connectivity index (χ1n) is 9.84. The van der Waals surface area contributed by atoms with E-state index in [-0.39, 0.29) is 11.9 Å². The number of amides is 1. The second-order valence-corrected chi connectivity index (χ2v) is 6.99. The second kappa shape index (κ2) is 10.2. The summed E-state index contributed by atoms with van der Waals surface area (Å²) >= 11 is 0. The first-order chi connectivity index (χ1) is 15.0. The predicted molar refractivity (Wildman–Crippen MR) is 115 cm³/mol. The van der Waals surface area contributed by atoms with Crippen molar-refractivity contribution >= 4 is 5.91 Å². The first-order valence-corrected chi connectivity index (χ1v) is 9.84. The smallest absolute Gasteiger partial charge is 0.238 e. The van der Waals surface area contributed by atoms with E-state index in [4.69, 9.17) is 23.7 Å². The van der Waals surface area contributed by atoms with E-state index in [0.29, 0.717) is 30.2 Å². The molecule has 0 aliphatic carbocycles. The normalized spacial score (nSPS) is 17.7. The van der Waals surface area contributed by atoms with Crippen LogP contribution in [-0.2, 0) is 11.3 Å². The van der Waals surface area contributed by atoms with Crippen LogP contribution in [0.5, 0.6) is 28.7 Å². The first kappa shape index (κ1) is 22.5. The number of hydrogen-bond acceptors (Lipinski definition) is 8. The Kier molecular flexibility index (Phi) is 7.43. The van der Waals surface area contributed by atoms with Crippen molar-refractivity contribution in [1.29, 1.82) is 0 Å². The highest BCUT2D eigenvalue weighted by Crippen LogP contribution is 2.38. The lowest BCUT2D eigenvalue weighted by Gasteiger charge is -2.16. The molecule has 168 valence electrons. The largest absolute Gasteiger partial charge is 0.497 e. The highest BCUT2D eigenvalue weighted by Gasteiger charge is 2.32. The Morgan fingerprint density at radius 2 is 1.58 bits per heavy atom. The van der Waals surface area contributed by atoms with Gasteiger partial charge in [-0.05, 0) is 42.3 Å². The maximum atomic E-state index is 12.7. The van der Waals surface area contributed by atoms with Gasteiger partial charge in [-0.2, -0.15) is 0 Å². The molecule has 1 aliphatic heterocycles. The van der Waals surface area contributed by atoms with Gasteiger partial charge in [0.25, 0.3) is 0 Å². The highest BCUT2D eigenvalue weighted by molar-refractivity contribution is 5.82. The van der Waals surface area contributed by atoms with Crippen molar-refractivity contribution in [1.82, 2.24) is 16.2 Å². The van der Waals surface area contributed by atoms with E-state index in [2.05, 4.69) is 16.2 Å². The van der Waals surface area contributed by atoms with Gasteiger partial charge in [0.1, 0.15) is 17.5 Å². The minimum atomic E-state index is -0.400. The molecule has 3 N–H and O–H groups in total. The zero-order chi connectivity index (χ0) is 22.4. The average molecular weight is 431 g/mol. The van der Waals surface area contributed by atoms with E-state index in [1.165, 1.54) is 0 Å². The van der Waals surface area contributed by atoms with Crippen molar-refractivity contribution in [2.24, 2.45) is 0 Å². The molecule has 2 unspecified atom stereocenters. The van der Waals surface area contributed by atoms with Gasteiger partial charge < -0.3 is 29.0 Å². The van der Waals surface area contributed by atoms with Gasteiger partial charge in [0, 0.05) is 12.1 Å². The maximum absolute atomic E-state index is 12.7. The Hall–Kier alpha value is -3.17. The summed E-state index contributed by atoms with van der Waals surface area (Å²) in [5.41, 5.74) is 8.00. The van der Waals surface area contributed by atoms with Gasteiger partial charge in [-0.1, -0.05) is 0 Å². The Morgan fingerprint density at radius 1 is 0.903 bits per heavy atom. The van der Waals surface area contributed by atoms with Crippen LogP contribution < -0.4 is 39.9 Å². The SMILES string of the molecule is COc1ccc(OC)c(C2CC(C(=O)NCc3cc(OC)c(OC)c(OC)c3)NN2)c1. The molecule has 0 bridgehead atoms. The summed E-state index contributed by atoms with van der Waals surface area (Å²) in [7, 11) is 7.90. The molecule has 1 saturated heterocycles. The molecule has 1 aliphatic rings. The number of ether oxygens (including phenoxy) is 5. The van der Waals surface area contributed by atoms with Crippen LogP contribution in [0.3, 0.4) is 0 Å². The quantitative estimate of drug-likeness (QED) is 0.554. The molecule has 0 radical (unpaired) electrons. The Balaban J connectivity index is 1.66. The number of carbonyl (C=O) groups excluding carboxylic acids is 1. The van der Waals surface area contributed by atoms with Crippen LogP contribution in [0.2, 0.25) is 0 Å². The number of methoxy groups -OCH3 is 5. The van der Waals surface area contributed by atoms with Crippen molar-refractivity contribution < 1.29 is 28.5 Å². The number of hydrogen-bond donors (Lipinski definition) is 3. The number of carbonyl (C=O) groups is 1. The summed E-state index contributed by atoms with van der Waals surface area (Å²) in [6.45, 7) is 0.320. The van der Waals surface area contributed by atoms with Crippen LogP contribution >= 0.6 is 0 Å². The number of rotatable bonds is 9. The second-order valence-electron chi connectivity index (χ2n) is 6.99. The summed E-state index contributed by atoms with van der Waals surface area (Å²) < 4.78 is 26.9. The molecule has 1 fully saturated rings. The topological polar surface area (TPSA) is 99.3 Å². The van der Waals surface area contributed by atoms with Gasteiger partial charge in [-0.3, -0.25) is 4.79 Å². The fourth-order valence-corrected chi connectivity index (χ4v) is 3.59. The lowest BCUT2D eigenvalue weighted by molar-refractivity contribution is -0.123. The molecule has 1 amide bonds. The fourth-order valence-electron chi connectivity index (χ4n) is 3.59. The zero-order valence-electron chi connectivity index (χ0n) is 18.4. The highest BCUT2D eigenvalue weighted by atomic mass is 16.5. The van der Waals surface area contributed by atoms with E-state index in [1.54, 1.807) is 35.5 Å². The third-order valence-electron chi connectivity index (χ3n) is 5.22. The van der Waals surface area contributed by atoms with Crippen LogP contribution in [0.25, 0.3) is 0 Å². The molecule has 0 saturated carbocycles. The van der Waals surface area contributed by atoms with Crippen LogP contribution in [0, 0.1) is 0 Å². The van der Waals surface area contributed by atoms with Crippen molar-refractivity contribution in [3.63, 3.8) is 0 Å². The van der Waals surface area contributed by atoms with E-state index in [9.17, 15) is 4.79 Å². The third kappa shape index (κ3) is 4.95. The van der Waals surface area contributed by atoms with Crippen LogP contribution in [0.15, 0.2) is 30.3 Å². The number of benzene rings is 2. The zero-order valence-corrected chi connectivity index (χ0v) is 18.4. The Bertz CT molecular complexity index is 895. The molecule has 31 heavy (non-hydrogen) atoms. The molecule has 2 atom stereocenters. The van der Waals surface area contributed by atoms with Gasteiger partial charge >= 0.3 is 0 Å². The molecule has 0 aromatic heterocycles. The van der Waals surface area contributed by atoms with Gasteiger partial charge in [0.2, 0.25) is 11.7 Å². The summed E-state index contributed by atoms with van der Waals surface area (Å²) in [4.78, 5) is 12.7. The summed E-state index contributed by atoms with van der Waals surface area (Å²) in [5.74, 6) is 2.93. The molecule has 9 nitrogen and oxygen atoms in total. The van der Waals surface area contributed by atoms with Crippen molar-refractivity contribution in [2.45, 2.75) is 25.0 Å². The minimum absolute atomic E-state index is 0.0954. The number of nitrogens with one attached hydrogen (secondary N) is 3. The summed E-state index contributed by atoms with van der Waals surface area (Å²) in [6, 6.07) is 8.73. The van der Waals surface area contributed by atoms with Crippen molar-refractivity contribution in [2.75, 3.05) is 35.5 Å². The lowest BCUT2D eigenvalue weighted by Crippen LogP contribution is -2.42. The van der Waals surface area contributed by atoms with Crippen LogP contribution in [0.1, 0.15) is 23.6 Å². The molecule has 0 spiro atoms. The van der Waals surface area contributed by atoms with E-state index >= 15 is 0 Å². The Morgan fingerprint density at radius 3 is 2.16 bits per heavy atom. The molecular formula is C22H29N3O6. The average Bonchev–Trinajstić information content (AvgIpc) is 3.31. The summed E-state index contributed by atoms with van der Waals surface area (Å²) in [5, 5.41) is 2.95. The van der Waals surface area contributed by atoms with E-state index in [0.717, 1.165) is 22.6 Å². The molecule has 2 aromatic rings. The lowest BCUT2D eigenvalue weighted by atomic mass is 10.0. The molecular weight excluding hydrogens is 402 g/mol. The van der Waals surface area contributed by atoms with Crippen molar-refractivity contribution in [3.8, 4) is 28.7 Å². The summed E-state index contributed by atoms with van der Waals surface area (Å²) in [6.07, 6.45) is 0.560. The monoisotopic (exact) mass is 431 g/mol. The molecule has 9 heteroatoms. The number of hydrazine groups is 1. The van der Waals surface area contributed by atoms with Crippen LogP contribution in [0.4, 0.5) is 0 Å². The van der Waals surface area contributed by atoms with E-state index < -0.39 is 6.04 Å². The maximum Gasteiger partial charge on any atom is 0.238 e. The fraction of sp³-hybridized carbons (Fsp3) is 0.409. The van der Waals surface area contributed by atoms with E-state index in [1.807, 2.05) is 30.3 Å². The van der Waals surface area contributed by atoms with Gasteiger partial charge in [-0.15, -0.1) is 0 Å². The van der Waals surface area contributed by atoms with Crippen molar-refractivity contribution in [3.05, 3.63) is 41.5 Å². The minimum Gasteiger partial charge on any atom is -0.497 e. The molecule has 3 rings (SSSR count). The van der Waals surface area contributed by atoms with Gasteiger partial charge in [0.15, 0.2) is 11.5 Å². The third-order valence-corrected chi connectivity index (χ3v) is 5.22. The molecule has 2 aromatic carbocycles. The van der Waals surface area contributed by atoms with Crippen LogP contribution in [-0.4, -0.2) is 47.5 Å². The molecule has 1 heterocycles. The van der Waals surface area contributed by atoms with Gasteiger partial charge in [0.05, 0.1) is 41.6 Å². The Labute approximate surface area is 181 Å².